The first kappa shape index (κ1) is 33.3. The molecule has 1 fully saturated rings. The van der Waals surface area contributed by atoms with Gasteiger partial charge in [0.1, 0.15) is 33.3 Å². The molecule has 230 valence electrons. The van der Waals surface area contributed by atoms with Crippen molar-refractivity contribution >= 4 is 60.9 Å². The van der Waals surface area contributed by atoms with Gasteiger partial charge in [0.25, 0.3) is 11.6 Å². The summed E-state index contributed by atoms with van der Waals surface area (Å²) in [5.41, 5.74) is 1.14. The average molecular weight is 692 g/mol. The summed E-state index contributed by atoms with van der Waals surface area (Å²) in [5, 5.41) is 16.9. The van der Waals surface area contributed by atoms with E-state index in [9.17, 15) is 32.9 Å². The number of carbonyl (C=O) groups is 3. The van der Waals surface area contributed by atoms with Gasteiger partial charge in [-0.05, 0) is 55.6 Å². The van der Waals surface area contributed by atoms with Gasteiger partial charge >= 0.3 is 12.1 Å². The summed E-state index contributed by atoms with van der Waals surface area (Å²) in [4.78, 5) is 53.9. The number of hydrazine groups is 1. The molecule has 3 rings (SSSR count). The number of nitrogens with one attached hydrogen (secondary N) is 2. The highest BCUT2D eigenvalue weighted by Crippen LogP contribution is 2.35. The third-order valence-electron chi connectivity index (χ3n) is 6.05. The number of methoxy groups -OCH3 is 1. The molecule has 1 saturated heterocycles. The van der Waals surface area contributed by atoms with E-state index in [2.05, 4.69) is 31.7 Å². The van der Waals surface area contributed by atoms with Gasteiger partial charge < -0.3 is 14.8 Å². The van der Waals surface area contributed by atoms with Crippen molar-refractivity contribution < 1.29 is 37.2 Å². The molecular weight excluding hydrogens is 660 g/mol. The summed E-state index contributed by atoms with van der Waals surface area (Å²) in [6, 6.07) is 0.732. The zero-order chi connectivity index (χ0) is 31.4. The lowest BCUT2D eigenvalue weighted by molar-refractivity contribution is -0.387. The van der Waals surface area contributed by atoms with Gasteiger partial charge in [-0.2, -0.15) is 4.31 Å². The number of hydrogen-bond acceptors (Lipinski definition) is 12. The summed E-state index contributed by atoms with van der Waals surface area (Å²) in [5.74, 6) is -1.42. The number of aromatic nitrogens is 1. The Kier molecular flexibility index (Phi) is 10.6. The van der Waals surface area contributed by atoms with Gasteiger partial charge in [-0.1, -0.05) is 12.1 Å². The van der Waals surface area contributed by atoms with E-state index in [-0.39, 0.29) is 11.6 Å². The zero-order valence-corrected chi connectivity index (χ0v) is 26.6. The lowest BCUT2D eigenvalue weighted by Crippen LogP contribution is -2.62. The van der Waals surface area contributed by atoms with Gasteiger partial charge in [0, 0.05) is 25.0 Å². The summed E-state index contributed by atoms with van der Waals surface area (Å²) >= 11 is 4.23. The number of amides is 2. The van der Waals surface area contributed by atoms with Crippen LogP contribution in [0.15, 0.2) is 39.1 Å². The fourth-order valence-corrected chi connectivity index (χ4v) is 7.18. The fourth-order valence-electron chi connectivity index (χ4n) is 4.18. The molecule has 0 saturated carbocycles. The lowest BCUT2D eigenvalue weighted by Gasteiger charge is -2.38. The lowest BCUT2D eigenvalue weighted by atomic mass is 10.1. The Labute approximate surface area is 254 Å². The Morgan fingerprint density at radius 3 is 2.55 bits per heavy atom. The molecule has 0 bridgehead atoms. The van der Waals surface area contributed by atoms with Crippen LogP contribution in [0, 0.1) is 10.1 Å². The van der Waals surface area contributed by atoms with Gasteiger partial charge in [0.05, 0.1) is 12.0 Å². The number of likely N-dealkylation sites (N-methyl/N-ethyl adjacent to an activating group) is 1. The molecule has 0 spiro atoms. The molecule has 0 radical (unpaired) electrons. The number of benzene rings is 1. The van der Waals surface area contributed by atoms with Crippen molar-refractivity contribution in [1.29, 1.82) is 0 Å². The zero-order valence-electron chi connectivity index (χ0n) is 23.4. The second kappa shape index (κ2) is 13.4. The smallest absolute Gasteiger partial charge is 0.408 e. The van der Waals surface area contributed by atoms with Crippen LogP contribution in [-0.4, -0.2) is 84.0 Å². The molecule has 15 nitrogen and oxygen atoms in total. The number of nitrogens with zero attached hydrogens (tertiary/aromatic N) is 4. The van der Waals surface area contributed by atoms with Crippen LogP contribution in [0.1, 0.15) is 44.7 Å². The van der Waals surface area contributed by atoms with Gasteiger partial charge in [0.2, 0.25) is 10.0 Å². The quantitative estimate of drug-likeness (QED) is 0.223. The highest BCUT2D eigenvalue weighted by Gasteiger charge is 2.45. The van der Waals surface area contributed by atoms with Crippen LogP contribution in [0.25, 0.3) is 0 Å². The van der Waals surface area contributed by atoms with E-state index in [1.165, 1.54) is 19.2 Å². The summed E-state index contributed by atoms with van der Waals surface area (Å²) in [6.07, 6.45) is -0.259. The number of ether oxygens (including phenoxy) is 2. The van der Waals surface area contributed by atoms with Crippen molar-refractivity contribution in [3.8, 4) is 0 Å². The first-order chi connectivity index (χ1) is 19.6. The number of nitro groups is 1. The van der Waals surface area contributed by atoms with Crippen LogP contribution < -0.4 is 10.7 Å². The molecule has 2 N–H and O–H groups in total. The van der Waals surface area contributed by atoms with Crippen LogP contribution in [0.3, 0.4) is 0 Å². The Morgan fingerprint density at radius 2 is 1.98 bits per heavy atom. The number of thiazole rings is 1. The number of sulfonamides is 1. The molecule has 2 amide bonds. The molecule has 2 heterocycles. The third-order valence-corrected chi connectivity index (χ3v) is 9.56. The van der Waals surface area contributed by atoms with Crippen LogP contribution in [0.4, 0.5) is 10.5 Å². The predicted octanol–water partition coefficient (Wildman–Crippen LogP) is 2.74. The maximum atomic E-state index is 14.1. The van der Waals surface area contributed by atoms with E-state index in [0.717, 1.165) is 39.8 Å². The van der Waals surface area contributed by atoms with Gasteiger partial charge in [-0.25, -0.2) is 23.6 Å². The highest BCUT2D eigenvalue weighted by molar-refractivity contribution is 9.10. The number of rotatable bonds is 9. The third kappa shape index (κ3) is 7.80. The monoisotopic (exact) mass is 690 g/mol. The Bertz CT molecular complexity index is 1450. The summed E-state index contributed by atoms with van der Waals surface area (Å²) in [6.45, 7) is 4.94. The van der Waals surface area contributed by atoms with E-state index < -0.39 is 67.2 Å². The fraction of sp³-hybridized carbons (Fsp3) is 0.500. The predicted molar refractivity (Wildman–Crippen MR) is 154 cm³/mol. The number of hydrogen-bond donors (Lipinski definition) is 2. The SMILES string of the molecule is COC(=O)[C@@H]1CCCN(C(=O)[C@@H](NC(=O)OC(C)(C)C)[C@@H](c2nc(Br)cs2)N(C)S(=O)(=O)c2ccccc2[N+](=O)[O-])N1. The summed E-state index contributed by atoms with van der Waals surface area (Å²) < 4.78 is 39.1. The van der Waals surface area contributed by atoms with Crippen molar-refractivity contribution in [2.45, 2.75) is 62.2 Å². The Morgan fingerprint density at radius 1 is 1.31 bits per heavy atom. The van der Waals surface area contributed by atoms with Gasteiger partial charge in [0.15, 0.2) is 4.90 Å². The van der Waals surface area contributed by atoms with E-state index in [4.69, 9.17) is 9.47 Å². The molecule has 2 aromatic rings. The molecule has 0 unspecified atom stereocenters. The minimum absolute atomic E-state index is 0.0856. The number of halogens is 1. The number of carbonyl (C=O) groups excluding carboxylic acids is 3. The summed E-state index contributed by atoms with van der Waals surface area (Å²) in [7, 11) is -2.34. The minimum Gasteiger partial charge on any atom is -0.468 e. The molecule has 18 heteroatoms. The van der Waals surface area contributed by atoms with Crippen molar-refractivity contribution in [2.24, 2.45) is 0 Å². The number of esters is 1. The van der Waals surface area contributed by atoms with E-state index >= 15 is 0 Å². The minimum atomic E-state index is -4.68. The molecule has 1 aromatic heterocycles. The number of nitro benzene ring substituents is 1. The maximum absolute atomic E-state index is 14.1. The number of para-hydroxylation sites is 1. The van der Waals surface area contributed by atoms with E-state index in [0.29, 0.717) is 17.4 Å². The van der Waals surface area contributed by atoms with Crippen LogP contribution in [-0.2, 0) is 29.1 Å². The molecule has 42 heavy (non-hydrogen) atoms. The second-order valence-corrected chi connectivity index (χ2v) is 13.8. The first-order valence-electron chi connectivity index (χ1n) is 12.5. The van der Waals surface area contributed by atoms with Crippen LogP contribution >= 0.6 is 27.3 Å². The van der Waals surface area contributed by atoms with Crippen molar-refractivity contribution in [3.63, 3.8) is 0 Å². The van der Waals surface area contributed by atoms with Crippen LogP contribution in [0.2, 0.25) is 0 Å². The van der Waals surface area contributed by atoms with Gasteiger partial charge in [-0.3, -0.25) is 24.7 Å². The molecule has 1 aliphatic heterocycles. The van der Waals surface area contributed by atoms with Gasteiger partial charge in [-0.15, -0.1) is 11.3 Å². The Hall–Kier alpha value is -3.19. The molecular formula is C24H31BrN6O9S2. The maximum Gasteiger partial charge on any atom is 0.408 e. The largest absolute Gasteiger partial charge is 0.468 e. The topological polar surface area (TPSA) is 190 Å². The van der Waals surface area contributed by atoms with Crippen LogP contribution in [0.5, 0.6) is 0 Å². The van der Waals surface area contributed by atoms with Crippen molar-refractivity contribution in [2.75, 3.05) is 20.7 Å². The molecule has 0 aliphatic carbocycles. The highest BCUT2D eigenvalue weighted by atomic mass is 79.9. The number of alkyl carbamates (subject to hydrolysis) is 1. The standard InChI is InChI=1S/C24H31BrN6O9S2/c1-24(2,3)40-23(34)27-18(21(32)30-12-8-9-14(28-30)22(33)39-5)19(20-26-17(25)13-41-20)29(4)42(37,38)16-11-7-6-10-15(16)31(35)36/h6-7,10-11,13-14,18-19,28H,8-9,12H2,1-5H3,(H,27,34)/t14-,18-,19-/m0/s1. The molecule has 1 aliphatic rings. The molecule has 1 aromatic carbocycles. The van der Waals surface area contributed by atoms with Crippen molar-refractivity contribution in [3.05, 3.63) is 49.4 Å². The molecule has 3 atom stereocenters. The van der Waals surface area contributed by atoms with E-state index in [1.54, 1.807) is 26.2 Å². The first-order valence-corrected chi connectivity index (χ1v) is 15.7. The van der Waals surface area contributed by atoms with Crippen molar-refractivity contribution in [1.82, 2.24) is 25.0 Å². The Balaban J connectivity index is 2.15. The van der Waals surface area contributed by atoms with E-state index in [1.807, 2.05) is 0 Å². The average Bonchev–Trinajstić information content (AvgIpc) is 3.36. The normalized spacial score (nSPS) is 17.3. The second-order valence-electron chi connectivity index (χ2n) is 10.2.